The number of carbonyl (C=O) groups excluding carboxylic acids is 1. The Morgan fingerprint density at radius 2 is 2.14 bits per heavy atom. The lowest BCUT2D eigenvalue weighted by Gasteiger charge is -2.08. The van der Waals surface area contributed by atoms with Gasteiger partial charge in [0, 0.05) is 12.3 Å². The van der Waals surface area contributed by atoms with Gasteiger partial charge in [-0.15, -0.1) is 0 Å². The molecule has 2 heterocycles. The molecule has 0 saturated heterocycles. The maximum atomic E-state index is 12.6. The summed E-state index contributed by atoms with van der Waals surface area (Å²) in [6.45, 7) is 4.76. The van der Waals surface area contributed by atoms with E-state index >= 15 is 0 Å². The van der Waals surface area contributed by atoms with E-state index in [-0.39, 0.29) is 11.8 Å². The van der Waals surface area contributed by atoms with E-state index in [1.165, 1.54) is 18.3 Å². The quantitative estimate of drug-likeness (QED) is 0.844. The summed E-state index contributed by atoms with van der Waals surface area (Å²) in [6, 6.07) is 4.73. The summed E-state index contributed by atoms with van der Waals surface area (Å²) in [6.07, 6.45) is 2.94. The summed E-state index contributed by atoms with van der Waals surface area (Å²) >= 11 is 0. The van der Waals surface area contributed by atoms with Gasteiger partial charge in [0.25, 0.3) is 5.91 Å². The Morgan fingerprint density at radius 1 is 1.38 bits per heavy atom. The van der Waals surface area contributed by atoms with E-state index in [0.29, 0.717) is 11.4 Å². The van der Waals surface area contributed by atoms with Gasteiger partial charge < -0.3 is 15.8 Å². The van der Waals surface area contributed by atoms with Gasteiger partial charge in [0.2, 0.25) is 11.8 Å². The van der Waals surface area contributed by atoms with Crippen molar-refractivity contribution in [2.75, 3.05) is 11.1 Å². The van der Waals surface area contributed by atoms with Crippen molar-refractivity contribution in [3.8, 4) is 11.8 Å². The van der Waals surface area contributed by atoms with Crippen molar-refractivity contribution in [1.82, 2.24) is 9.97 Å². The zero-order valence-corrected chi connectivity index (χ0v) is 11.3. The Hall–Kier alpha value is -2.96. The van der Waals surface area contributed by atoms with E-state index in [1.807, 2.05) is 6.92 Å². The Bertz CT molecular complexity index is 686. The first kappa shape index (κ1) is 14.4. The van der Waals surface area contributed by atoms with Crippen LogP contribution < -0.4 is 15.8 Å². The van der Waals surface area contributed by atoms with E-state index in [2.05, 4.69) is 21.9 Å². The fraction of sp³-hybridized carbons (Fsp3) is 0.0714. The van der Waals surface area contributed by atoms with Crippen LogP contribution in [0.1, 0.15) is 5.56 Å². The van der Waals surface area contributed by atoms with Gasteiger partial charge >= 0.3 is 0 Å². The minimum absolute atomic E-state index is 0.238. The molecule has 0 unspecified atom stereocenters. The lowest BCUT2D eigenvalue weighted by molar-refractivity contribution is -0.114. The van der Waals surface area contributed by atoms with Crippen molar-refractivity contribution in [3.63, 3.8) is 0 Å². The summed E-state index contributed by atoms with van der Waals surface area (Å²) in [5, 5.41) is 2.28. The molecular formula is C14H13FN4O2. The largest absolute Gasteiger partial charge is 0.418 e. The van der Waals surface area contributed by atoms with Crippen molar-refractivity contribution in [2.24, 2.45) is 0 Å². The zero-order valence-electron chi connectivity index (χ0n) is 11.3. The second kappa shape index (κ2) is 6.00. The van der Waals surface area contributed by atoms with Crippen molar-refractivity contribution in [1.29, 1.82) is 0 Å². The maximum Gasteiger partial charge on any atom is 0.283 e. The third-order valence-electron chi connectivity index (χ3n) is 2.46. The highest BCUT2D eigenvalue weighted by Gasteiger charge is 2.08. The average molecular weight is 288 g/mol. The summed E-state index contributed by atoms with van der Waals surface area (Å²) in [7, 11) is 0. The molecule has 2 aromatic rings. The van der Waals surface area contributed by atoms with Crippen LogP contribution >= 0.6 is 0 Å². The van der Waals surface area contributed by atoms with Gasteiger partial charge in [-0.05, 0) is 24.6 Å². The van der Waals surface area contributed by atoms with Crippen LogP contribution in [-0.4, -0.2) is 15.9 Å². The number of anilines is 2. The number of hydrogen-bond donors (Lipinski definition) is 2. The molecule has 2 aromatic heterocycles. The number of aromatic nitrogens is 2. The predicted molar refractivity (Wildman–Crippen MR) is 76.6 cm³/mol. The number of carbonyl (C=O) groups is 1. The fourth-order valence-corrected chi connectivity index (χ4v) is 1.48. The summed E-state index contributed by atoms with van der Waals surface area (Å²) in [5.41, 5.74) is 7.40. The van der Waals surface area contributed by atoms with Crippen molar-refractivity contribution in [3.05, 3.63) is 48.6 Å². The molecule has 0 bridgehead atoms. The van der Waals surface area contributed by atoms with Crippen LogP contribution in [0.15, 0.2) is 43.0 Å². The highest BCUT2D eigenvalue weighted by molar-refractivity contribution is 6.01. The van der Waals surface area contributed by atoms with Crippen LogP contribution in [0, 0.1) is 6.92 Å². The van der Waals surface area contributed by atoms with Crippen LogP contribution in [0.3, 0.4) is 0 Å². The monoisotopic (exact) mass is 288 g/mol. The number of pyridine rings is 2. The number of halogens is 1. The van der Waals surface area contributed by atoms with Gasteiger partial charge in [-0.1, -0.05) is 6.58 Å². The molecule has 0 aliphatic carbocycles. The zero-order chi connectivity index (χ0) is 15.4. The molecule has 0 fully saturated rings. The van der Waals surface area contributed by atoms with Gasteiger partial charge in [0.1, 0.15) is 0 Å². The molecule has 0 radical (unpaired) electrons. The summed E-state index contributed by atoms with van der Waals surface area (Å²) in [4.78, 5) is 19.1. The van der Waals surface area contributed by atoms with Crippen LogP contribution in [0.25, 0.3) is 0 Å². The van der Waals surface area contributed by atoms with Gasteiger partial charge in [-0.3, -0.25) is 4.79 Å². The fourth-order valence-electron chi connectivity index (χ4n) is 1.48. The maximum absolute atomic E-state index is 12.6. The third-order valence-corrected chi connectivity index (χ3v) is 2.46. The van der Waals surface area contributed by atoms with Gasteiger partial charge in [0.05, 0.1) is 17.6 Å². The second-order valence-corrected chi connectivity index (χ2v) is 4.25. The molecule has 1 amide bonds. The normalized spacial score (nSPS) is 10.0. The number of nitrogens with zero attached hydrogens (tertiary/aromatic N) is 2. The van der Waals surface area contributed by atoms with Crippen molar-refractivity contribution >= 4 is 17.3 Å². The topological polar surface area (TPSA) is 90.1 Å². The van der Waals surface area contributed by atoms with E-state index in [4.69, 9.17) is 10.5 Å². The second-order valence-electron chi connectivity index (χ2n) is 4.25. The number of nitrogen functional groups attached to an aromatic ring is 1. The molecule has 0 saturated carbocycles. The Labute approximate surface area is 120 Å². The molecular weight excluding hydrogens is 275 g/mol. The van der Waals surface area contributed by atoms with Gasteiger partial charge in [-0.2, -0.15) is 0 Å². The predicted octanol–water partition coefficient (Wildman–Crippen LogP) is 2.58. The molecule has 0 aliphatic heterocycles. The average Bonchev–Trinajstić information content (AvgIpc) is 2.43. The third kappa shape index (κ3) is 3.75. The Morgan fingerprint density at radius 3 is 2.71 bits per heavy atom. The number of ether oxygens (including phenoxy) is 1. The number of nitrogens with one attached hydrogen (secondary N) is 1. The molecule has 7 heteroatoms. The van der Waals surface area contributed by atoms with E-state index in [1.54, 1.807) is 12.3 Å². The molecule has 3 N–H and O–H groups in total. The van der Waals surface area contributed by atoms with Gasteiger partial charge in [0.15, 0.2) is 5.83 Å². The number of hydrogen-bond acceptors (Lipinski definition) is 5. The van der Waals surface area contributed by atoms with Crippen LogP contribution in [0.2, 0.25) is 0 Å². The first-order chi connectivity index (χ1) is 9.95. The first-order valence-electron chi connectivity index (χ1n) is 5.97. The minimum Gasteiger partial charge on any atom is -0.418 e. The van der Waals surface area contributed by atoms with Crippen molar-refractivity contribution in [2.45, 2.75) is 6.92 Å². The molecule has 0 atom stereocenters. The highest BCUT2D eigenvalue weighted by atomic mass is 19.1. The Balaban J connectivity index is 2.09. The summed E-state index contributed by atoms with van der Waals surface area (Å²) < 4.78 is 18.0. The van der Waals surface area contributed by atoms with Crippen molar-refractivity contribution < 1.29 is 13.9 Å². The molecule has 0 aliphatic rings. The van der Waals surface area contributed by atoms with Gasteiger partial charge in [-0.25, -0.2) is 14.4 Å². The first-order valence-corrected chi connectivity index (χ1v) is 5.97. The van der Waals surface area contributed by atoms with Crippen LogP contribution in [-0.2, 0) is 4.79 Å². The lowest BCUT2D eigenvalue weighted by atomic mass is 10.3. The standard InChI is InChI=1S/C14H13FN4O2/c1-8-5-11(16)14(18-6-8)21-12-4-3-10(7-17-12)19-13(20)9(2)15/h3-7H,2,16H2,1H3,(H,19,20). The molecule has 0 aromatic carbocycles. The van der Waals surface area contributed by atoms with E-state index < -0.39 is 11.7 Å². The minimum atomic E-state index is -1.08. The Kier molecular flexibility index (Phi) is 4.13. The highest BCUT2D eigenvalue weighted by Crippen LogP contribution is 2.24. The smallest absolute Gasteiger partial charge is 0.283 e. The molecule has 2 rings (SSSR count). The van der Waals surface area contributed by atoms with E-state index in [9.17, 15) is 9.18 Å². The molecule has 6 nitrogen and oxygen atoms in total. The molecule has 108 valence electrons. The molecule has 21 heavy (non-hydrogen) atoms. The van der Waals surface area contributed by atoms with Crippen LogP contribution in [0.4, 0.5) is 15.8 Å². The molecule has 0 spiro atoms. The summed E-state index contributed by atoms with van der Waals surface area (Å²) in [5.74, 6) is -1.51. The van der Waals surface area contributed by atoms with Crippen LogP contribution in [0.5, 0.6) is 11.8 Å². The number of amides is 1. The SMILES string of the molecule is C=C(F)C(=O)Nc1ccc(Oc2ncc(C)cc2N)nc1. The van der Waals surface area contributed by atoms with E-state index in [0.717, 1.165) is 5.56 Å². The number of aryl methyl sites for hydroxylation is 1. The number of nitrogens with two attached hydrogens (primary N) is 1. The number of rotatable bonds is 4. The lowest BCUT2D eigenvalue weighted by Crippen LogP contribution is -2.11.